The summed E-state index contributed by atoms with van der Waals surface area (Å²) in [6.07, 6.45) is 8.66. The number of hydrogen-bond acceptors (Lipinski definition) is 5. The first-order valence-electron chi connectivity index (χ1n) is 9.44. The lowest BCUT2D eigenvalue weighted by atomic mass is 10.1. The van der Waals surface area contributed by atoms with Crippen molar-refractivity contribution in [3.63, 3.8) is 0 Å². The van der Waals surface area contributed by atoms with Gasteiger partial charge >= 0.3 is 0 Å². The van der Waals surface area contributed by atoms with Crippen LogP contribution in [0.1, 0.15) is 36.4 Å². The third kappa shape index (κ3) is 4.42. The molecule has 7 heteroatoms. The molecule has 140 valence electrons. The number of nitrogens with one attached hydrogen (secondary N) is 1. The quantitative estimate of drug-likeness (QED) is 0.711. The van der Waals surface area contributed by atoms with Gasteiger partial charge in [-0.25, -0.2) is 0 Å². The van der Waals surface area contributed by atoms with Crippen LogP contribution in [0.3, 0.4) is 0 Å². The molecule has 4 heterocycles. The summed E-state index contributed by atoms with van der Waals surface area (Å²) >= 11 is 1.75. The second-order valence-electron chi connectivity index (χ2n) is 6.86. The maximum atomic E-state index is 12.3. The molecule has 1 atom stereocenters. The Labute approximate surface area is 162 Å². The van der Waals surface area contributed by atoms with E-state index in [-0.39, 0.29) is 11.9 Å². The van der Waals surface area contributed by atoms with Crippen LogP contribution in [-0.2, 0) is 24.2 Å². The Hall–Kier alpha value is -2.54. The van der Waals surface area contributed by atoms with Crippen molar-refractivity contribution in [2.75, 3.05) is 0 Å². The number of pyridine rings is 1. The van der Waals surface area contributed by atoms with Gasteiger partial charge in [0.1, 0.15) is 5.82 Å². The Bertz CT molecular complexity index is 875. The first kappa shape index (κ1) is 17.9. The minimum Gasteiger partial charge on any atom is -0.353 e. The van der Waals surface area contributed by atoms with Crippen LogP contribution in [0.15, 0.2) is 42.0 Å². The number of rotatable bonds is 6. The van der Waals surface area contributed by atoms with Gasteiger partial charge in [-0.3, -0.25) is 9.78 Å². The predicted molar refractivity (Wildman–Crippen MR) is 105 cm³/mol. The second-order valence-corrected chi connectivity index (χ2v) is 7.89. The minimum absolute atomic E-state index is 0.154. The SMILES string of the molecule is O=C(CCCc1cccs1)NC1CCc2nnc(-c3cccnc3)n2CC1. The second kappa shape index (κ2) is 8.43. The third-order valence-corrected chi connectivity index (χ3v) is 5.87. The Morgan fingerprint density at radius 3 is 3.04 bits per heavy atom. The van der Waals surface area contributed by atoms with Crippen LogP contribution in [0.4, 0.5) is 0 Å². The third-order valence-electron chi connectivity index (χ3n) is 4.94. The van der Waals surface area contributed by atoms with Gasteiger partial charge in [0.05, 0.1) is 0 Å². The standard InChI is InChI=1S/C20H23N5OS/c26-19(7-1-5-17-6-3-13-27-17)22-16-8-9-18-23-24-20(25(18)12-10-16)15-4-2-11-21-14-15/h2-4,6,11,13-14,16H,1,5,7-10,12H2,(H,22,26). The van der Waals surface area contributed by atoms with Crippen LogP contribution >= 0.6 is 11.3 Å². The van der Waals surface area contributed by atoms with Gasteiger partial charge in [-0.2, -0.15) is 0 Å². The Kier molecular flexibility index (Phi) is 5.58. The van der Waals surface area contributed by atoms with E-state index in [2.05, 4.69) is 42.6 Å². The molecule has 0 fully saturated rings. The first-order valence-corrected chi connectivity index (χ1v) is 10.3. The van der Waals surface area contributed by atoms with Crippen molar-refractivity contribution in [1.29, 1.82) is 0 Å². The molecule has 0 spiro atoms. The van der Waals surface area contributed by atoms with E-state index in [0.29, 0.717) is 6.42 Å². The summed E-state index contributed by atoms with van der Waals surface area (Å²) in [6, 6.07) is 8.30. The lowest BCUT2D eigenvalue weighted by Crippen LogP contribution is -2.35. The number of thiophene rings is 1. The maximum absolute atomic E-state index is 12.3. The molecule has 1 aliphatic heterocycles. The number of hydrogen-bond donors (Lipinski definition) is 1. The number of fused-ring (bicyclic) bond motifs is 1. The van der Waals surface area contributed by atoms with Gasteiger partial charge in [0.15, 0.2) is 5.82 Å². The molecule has 0 saturated heterocycles. The zero-order valence-electron chi connectivity index (χ0n) is 15.2. The molecule has 3 aromatic rings. The van der Waals surface area contributed by atoms with Gasteiger partial charge in [-0.15, -0.1) is 21.5 Å². The van der Waals surface area contributed by atoms with E-state index in [1.165, 1.54) is 4.88 Å². The number of carbonyl (C=O) groups excluding carboxylic acids is 1. The highest BCUT2D eigenvalue weighted by molar-refractivity contribution is 7.09. The molecule has 3 aromatic heterocycles. The smallest absolute Gasteiger partial charge is 0.220 e. The lowest BCUT2D eigenvalue weighted by Gasteiger charge is -2.16. The average Bonchev–Trinajstić information content (AvgIpc) is 3.30. The van der Waals surface area contributed by atoms with Crippen molar-refractivity contribution in [2.24, 2.45) is 0 Å². The number of nitrogens with zero attached hydrogens (tertiary/aromatic N) is 4. The number of aromatic nitrogens is 4. The summed E-state index contributed by atoms with van der Waals surface area (Å²) < 4.78 is 2.17. The number of aryl methyl sites for hydroxylation is 2. The average molecular weight is 382 g/mol. The summed E-state index contributed by atoms with van der Waals surface area (Å²) in [7, 11) is 0. The van der Waals surface area contributed by atoms with Gasteiger partial charge in [0, 0.05) is 48.3 Å². The van der Waals surface area contributed by atoms with Crippen molar-refractivity contribution in [1.82, 2.24) is 25.1 Å². The molecule has 0 radical (unpaired) electrons. The van der Waals surface area contributed by atoms with Gasteiger partial charge in [-0.1, -0.05) is 6.07 Å². The van der Waals surface area contributed by atoms with Crippen LogP contribution < -0.4 is 5.32 Å². The highest BCUT2D eigenvalue weighted by Crippen LogP contribution is 2.22. The van der Waals surface area contributed by atoms with Crippen molar-refractivity contribution in [3.05, 3.63) is 52.7 Å². The first-order chi connectivity index (χ1) is 13.3. The molecule has 0 bridgehead atoms. The molecule has 4 rings (SSSR count). The summed E-state index contributed by atoms with van der Waals surface area (Å²) in [4.78, 5) is 17.8. The normalized spacial score (nSPS) is 16.5. The Morgan fingerprint density at radius 2 is 2.22 bits per heavy atom. The van der Waals surface area contributed by atoms with Gasteiger partial charge in [0.2, 0.25) is 5.91 Å². The Morgan fingerprint density at radius 1 is 1.26 bits per heavy atom. The molecule has 0 aromatic carbocycles. The molecule has 0 saturated carbocycles. The van der Waals surface area contributed by atoms with E-state index in [9.17, 15) is 4.79 Å². The van der Waals surface area contributed by atoms with Crippen LogP contribution in [0.25, 0.3) is 11.4 Å². The fourth-order valence-electron chi connectivity index (χ4n) is 3.52. The van der Waals surface area contributed by atoms with Gasteiger partial charge in [0.25, 0.3) is 0 Å². The zero-order valence-corrected chi connectivity index (χ0v) is 16.0. The van der Waals surface area contributed by atoms with Crippen LogP contribution in [0.5, 0.6) is 0 Å². The predicted octanol–water partition coefficient (Wildman–Crippen LogP) is 3.25. The van der Waals surface area contributed by atoms with Crippen LogP contribution in [0.2, 0.25) is 0 Å². The summed E-state index contributed by atoms with van der Waals surface area (Å²) in [5, 5.41) is 14.0. The fourth-order valence-corrected chi connectivity index (χ4v) is 4.27. The van der Waals surface area contributed by atoms with Crippen molar-refractivity contribution in [3.8, 4) is 11.4 Å². The molecule has 0 aliphatic carbocycles. The van der Waals surface area contributed by atoms with Gasteiger partial charge in [-0.05, 0) is 49.3 Å². The monoisotopic (exact) mass is 381 g/mol. The molecular formula is C20H23N5OS. The highest BCUT2D eigenvalue weighted by Gasteiger charge is 2.22. The molecule has 1 amide bonds. The van der Waals surface area contributed by atoms with E-state index in [1.807, 2.05) is 18.3 Å². The number of amides is 1. The van der Waals surface area contributed by atoms with E-state index in [0.717, 1.165) is 55.9 Å². The Balaban J connectivity index is 1.31. The topological polar surface area (TPSA) is 72.7 Å². The number of carbonyl (C=O) groups is 1. The van der Waals surface area contributed by atoms with E-state index >= 15 is 0 Å². The lowest BCUT2D eigenvalue weighted by molar-refractivity contribution is -0.122. The van der Waals surface area contributed by atoms with Crippen molar-refractivity contribution in [2.45, 2.75) is 51.1 Å². The minimum atomic E-state index is 0.154. The summed E-state index contributed by atoms with van der Waals surface area (Å²) in [6.45, 7) is 0.812. The van der Waals surface area contributed by atoms with Gasteiger partial charge < -0.3 is 9.88 Å². The van der Waals surface area contributed by atoms with E-state index in [1.54, 1.807) is 17.5 Å². The molecule has 1 aliphatic rings. The maximum Gasteiger partial charge on any atom is 0.220 e. The molecular weight excluding hydrogens is 358 g/mol. The fraction of sp³-hybridized carbons (Fsp3) is 0.400. The summed E-state index contributed by atoms with van der Waals surface area (Å²) in [5.74, 6) is 2.01. The van der Waals surface area contributed by atoms with Crippen molar-refractivity contribution < 1.29 is 4.79 Å². The van der Waals surface area contributed by atoms with Crippen LogP contribution in [0, 0.1) is 0 Å². The largest absolute Gasteiger partial charge is 0.353 e. The van der Waals surface area contributed by atoms with E-state index < -0.39 is 0 Å². The molecule has 27 heavy (non-hydrogen) atoms. The molecule has 1 unspecified atom stereocenters. The van der Waals surface area contributed by atoms with E-state index in [4.69, 9.17) is 0 Å². The zero-order chi connectivity index (χ0) is 18.5. The van der Waals surface area contributed by atoms with Crippen molar-refractivity contribution >= 4 is 17.2 Å². The summed E-state index contributed by atoms with van der Waals surface area (Å²) in [5.41, 5.74) is 0.979. The molecule has 6 nitrogen and oxygen atoms in total. The highest BCUT2D eigenvalue weighted by atomic mass is 32.1. The molecule has 1 N–H and O–H groups in total. The van der Waals surface area contributed by atoms with Crippen LogP contribution in [-0.4, -0.2) is 31.7 Å².